The largest absolute Gasteiger partial charge is 0.458 e. The zero-order chi connectivity index (χ0) is 25.4. The highest BCUT2D eigenvalue weighted by molar-refractivity contribution is 8.14. The van der Waals surface area contributed by atoms with Gasteiger partial charge in [0.2, 0.25) is 5.91 Å². The van der Waals surface area contributed by atoms with Crippen LogP contribution in [0.4, 0.5) is 9.80 Å². The zero-order valence-corrected chi connectivity index (χ0v) is 21.5. The van der Waals surface area contributed by atoms with Gasteiger partial charge in [0.05, 0.1) is 17.3 Å². The topological polar surface area (TPSA) is 128 Å². The summed E-state index contributed by atoms with van der Waals surface area (Å²) in [5.41, 5.74) is -0.854. The van der Waals surface area contributed by atoms with E-state index >= 15 is 0 Å². The van der Waals surface area contributed by atoms with E-state index in [2.05, 4.69) is 5.32 Å². The van der Waals surface area contributed by atoms with Gasteiger partial charge in [0.25, 0.3) is 5.24 Å². The number of rotatable bonds is 4. The van der Waals surface area contributed by atoms with Gasteiger partial charge < -0.3 is 19.5 Å². The molecule has 2 unspecified atom stereocenters. The number of thiophene rings is 1. The van der Waals surface area contributed by atoms with Gasteiger partial charge in [-0.25, -0.2) is 9.59 Å². The quantitative estimate of drug-likeness (QED) is 0.478. The predicted molar refractivity (Wildman–Crippen MR) is 126 cm³/mol. The molecule has 0 bridgehead atoms. The molecule has 3 heterocycles. The van der Waals surface area contributed by atoms with E-state index in [-0.39, 0.29) is 29.9 Å². The Kier molecular flexibility index (Phi) is 7.44. The number of fused-ring (bicyclic) bond motifs is 1. The first kappa shape index (κ1) is 26.2. The molecule has 1 fully saturated rings. The monoisotopic (exact) mass is 512 g/mol. The number of hydrogen-bond acceptors (Lipinski definition) is 10. The van der Waals surface area contributed by atoms with Crippen molar-refractivity contribution in [3.05, 3.63) is 16.5 Å². The molecule has 34 heavy (non-hydrogen) atoms. The Bertz CT molecular complexity index is 1010. The number of esters is 2. The Balaban J connectivity index is 1.84. The molecule has 0 aromatic carbocycles. The highest BCUT2D eigenvalue weighted by Crippen LogP contribution is 2.41. The van der Waals surface area contributed by atoms with Crippen molar-refractivity contribution in [2.75, 3.05) is 17.6 Å². The standard InChI is InChI=1S/C22H28N2O8S2/c1-21(2,3)31-18(27)12-7-11-8-14(23-17(26)19(28)32-22(4,5)6)34-16(11)13(30-12)9-24-15(25)10-33-20(24)29/h8,12-13H,7,9-10H2,1-6H3,(H,23,26). The predicted octanol–water partition coefficient (Wildman–Crippen LogP) is 3.05. The van der Waals surface area contributed by atoms with Crippen LogP contribution in [-0.4, -0.2) is 63.5 Å². The highest BCUT2D eigenvalue weighted by Gasteiger charge is 2.40. The lowest BCUT2D eigenvalue weighted by atomic mass is 10.0. The Hall–Kier alpha value is -2.44. The van der Waals surface area contributed by atoms with Crippen LogP contribution in [0.25, 0.3) is 0 Å². The smallest absolute Gasteiger partial charge is 0.397 e. The minimum Gasteiger partial charge on any atom is -0.458 e. The van der Waals surface area contributed by atoms with E-state index in [0.717, 1.165) is 28.0 Å². The third kappa shape index (κ3) is 6.57. The second-order valence-corrected chi connectivity index (χ2v) is 11.9. The van der Waals surface area contributed by atoms with Gasteiger partial charge in [0, 0.05) is 11.3 Å². The molecule has 0 spiro atoms. The van der Waals surface area contributed by atoms with Gasteiger partial charge in [-0.15, -0.1) is 11.3 Å². The second-order valence-electron chi connectivity index (χ2n) is 9.87. The summed E-state index contributed by atoms with van der Waals surface area (Å²) in [5.74, 6) is -2.81. The normalized spacial score (nSPS) is 20.7. The maximum absolute atomic E-state index is 12.7. The van der Waals surface area contributed by atoms with Crippen molar-refractivity contribution in [1.82, 2.24) is 4.90 Å². The van der Waals surface area contributed by atoms with E-state index in [0.29, 0.717) is 15.4 Å². The van der Waals surface area contributed by atoms with Gasteiger partial charge in [0.15, 0.2) is 6.10 Å². The minimum atomic E-state index is -1.02. The number of carbonyl (C=O) groups excluding carboxylic acids is 5. The molecule has 12 heteroatoms. The SMILES string of the molecule is CC(C)(C)OC(=O)C(=O)Nc1cc2c(s1)C(CN1C(=O)CSC1=O)OC(C(=O)OC(C)(C)C)C2. The van der Waals surface area contributed by atoms with E-state index in [1.807, 2.05) is 0 Å². The lowest BCUT2D eigenvalue weighted by Gasteiger charge is -2.32. The average Bonchev–Trinajstić information content (AvgIpc) is 3.22. The number of ether oxygens (including phenoxy) is 3. The Morgan fingerprint density at radius 3 is 2.32 bits per heavy atom. The molecule has 0 radical (unpaired) electrons. The molecule has 0 saturated carbocycles. The van der Waals surface area contributed by atoms with Gasteiger partial charge in [-0.3, -0.25) is 19.3 Å². The molecule has 10 nitrogen and oxygen atoms in total. The Labute approximate surface area is 205 Å². The summed E-state index contributed by atoms with van der Waals surface area (Å²) < 4.78 is 16.5. The maximum atomic E-state index is 12.7. The Morgan fingerprint density at radius 2 is 1.76 bits per heavy atom. The van der Waals surface area contributed by atoms with Crippen molar-refractivity contribution in [2.24, 2.45) is 0 Å². The van der Waals surface area contributed by atoms with E-state index < -0.39 is 41.3 Å². The number of nitrogens with zero attached hydrogens (tertiary/aromatic N) is 1. The lowest BCUT2D eigenvalue weighted by Crippen LogP contribution is -2.41. The molecule has 3 amide bonds. The van der Waals surface area contributed by atoms with Crippen molar-refractivity contribution < 1.29 is 38.2 Å². The van der Waals surface area contributed by atoms with E-state index in [1.54, 1.807) is 47.6 Å². The minimum absolute atomic E-state index is 0.0511. The van der Waals surface area contributed by atoms with Crippen LogP contribution in [0.3, 0.4) is 0 Å². The molecule has 0 aliphatic carbocycles. The van der Waals surface area contributed by atoms with Gasteiger partial charge in [0.1, 0.15) is 17.3 Å². The summed E-state index contributed by atoms with van der Waals surface area (Å²) in [7, 11) is 0. The number of thioether (sulfide) groups is 1. The second kappa shape index (κ2) is 9.67. The summed E-state index contributed by atoms with van der Waals surface area (Å²) in [6.45, 7) is 10.1. The van der Waals surface area contributed by atoms with Gasteiger partial charge >= 0.3 is 17.8 Å². The van der Waals surface area contributed by atoms with Crippen molar-refractivity contribution in [1.29, 1.82) is 0 Å². The zero-order valence-electron chi connectivity index (χ0n) is 19.9. The van der Waals surface area contributed by atoms with Gasteiger partial charge in [-0.1, -0.05) is 11.8 Å². The van der Waals surface area contributed by atoms with Crippen molar-refractivity contribution in [2.45, 2.75) is 71.4 Å². The average molecular weight is 513 g/mol. The summed E-state index contributed by atoms with van der Waals surface area (Å²) in [6.07, 6.45) is -1.57. The van der Waals surface area contributed by atoms with Gasteiger partial charge in [-0.2, -0.15) is 0 Å². The van der Waals surface area contributed by atoms with Crippen LogP contribution in [-0.2, 0) is 39.8 Å². The fourth-order valence-electron chi connectivity index (χ4n) is 3.29. The first-order valence-corrected chi connectivity index (χ1v) is 12.5. The fraction of sp³-hybridized carbons (Fsp3) is 0.591. The summed E-state index contributed by atoms with van der Waals surface area (Å²) in [5, 5.41) is 2.49. The number of amides is 3. The first-order chi connectivity index (χ1) is 15.6. The van der Waals surface area contributed by atoms with Crippen molar-refractivity contribution in [3.8, 4) is 0 Å². The van der Waals surface area contributed by atoms with E-state index in [1.165, 1.54) is 0 Å². The third-order valence-corrected chi connectivity index (χ3v) is 6.59. The maximum Gasteiger partial charge on any atom is 0.397 e. The van der Waals surface area contributed by atoms with Crippen molar-refractivity contribution in [3.63, 3.8) is 0 Å². The van der Waals surface area contributed by atoms with E-state index in [4.69, 9.17) is 14.2 Å². The summed E-state index contributed by atoms with van der Waals surface area (Å²) in [6, 6.07) is 1.65. The van der Waals surface area contributed by atoms with Crippen LogP contribution in [0.1, 0.15) is 58.1 Å². The molecular weight excluding hydrogens is 484 g/mol. The molecular formula is C22H28N2O8S2. The molecule has 2 aliphatic rings. The van der Waals surface area contributed by atoms with Crippen LogP contribution >= 0.6 is 23.1 Å². The van der Waals surface area contributed by atoms with Crippen LogP contribution in [0.5, 0.6) is 0 Å². The molecule has 2 aliphatic heterocycles. The van der Waals surface area contributed by atoms with Gasteiger partial charge in [-0.05, 0) is 53.2 Å². The molecule has 2 atom stereocenters. The molecule has 1 N–H and O–H groups in total. The lowest BCUT2D eigenvalue weighted by molar-refractivity contribution is -0.174. The van der Waals surface area contributed by atoms with E-state index in [9.17, 15) is 24.0 Å². The van der Waals surface area contributed by atoms with Crippen LogP contribution < -0.4 is 5.32 Å². The van der Waals surface area contributed by atoms with Crippen LogP contribution in [0.15, 0.2) is 6.07 Å². The number of carbonyl (C=O) groups is 5. The third-order valence-electron chi connectivity index (χ3n) is 4.55. The molecule has 1 aromatic heterocycles. The molecule has 1 aromatic rings. The Morgan fingerprint density at radius 1 is 1.12 bits per heavy atom. The van der Waals surface area contributed by atoms with Crippen LogP contribution in [0.2, 0.25) is 0 Å². The van der Waals surface area contributed by atoms with Crippen molar-refractivity contribution >= 4 is 57.1 Å². The number of anilines is 1. The molecule has 3 rings (SSSR count). The fourth-order valence-corrected chi connectivity index (χ4v) is 5.14. The number of hydrogen-bond donors (Lipinski definition) is 1. The number of imide groups is 1. The number of nitrogens with one attached hydrogen (secondary N) is 1. The summed E-state index contributed by atoms with van der Waals surface area (Å²) in [4.78, 5) is 63.1. The molecule has 186 valence electrons. The highest BCUT2D eigenvalue weighted by atomic mass is 32.2. The molecule has 1 saturated heterocycles. The first-order valence-electron chi connectivity index (χ1n) is 10.7. The summed E-state index contributed by atoms with van der Waals surface area (Å²) >= 11 is 2.05. The van der Waals surface area contributed by atoms with Crippen LogP contribution in [0, 0.1) is 0 Å².